The second kappa shape index (κ2) is 10.6. The Morgan fingerprint density at radius 2 is 1.52 bits per heavy atom. The van der Waals surface area contributed by atoms with Crippen molar-refractivity contribution < 1.29 is 14.3 Å². The summed E-state index contributed by atoms with van der Waals surface area (Å²) in [5.74, 6) is 0.652. The van der Waals surface area contributed by atoms with E-state index in [4.69, 9.17) is 4.74 Å². The molecule has 0 saturated carbocycles. The van der Waals surface area contributed by atoms with Gasteiger partial charge in [-0.15, -0.1) is 0 Å². The lowest BCUT2D eigenvalue weighted by molar-refractivity contribution is -0.124. The van der Waals surface area contributed by atoms with Crippen LogP contribution < -0.4 is 10.6 Å². The van der Waals surface area contributed by atoms with Crippen LogP contribution in [0.25, 0.3) is 0 Å². The molecule has 0 aliphatic rings. The molecule has 0 fully saturated rings. The predicted molar refractivity (Wildman–Crippen MR) is 94.2 cm³/mol. The second-order valence-corrected chi connectivity index (χ2v) is 7.69. The maximum atomic E-state index is 11.8. The summed E-state index contributed by atoms with van der Waals surface area (Å²) in [6.45, 7) is 14.5. The molecule has 0 aromatic rings. The second-order valence-electron chi connectivity index (χ2n) is 7.69. The molecule has 2 amide bonds. The third kappa shape index (κ3) is 13.1. The smallest absolute Gasteiger partial charge is 0.220 e. The zero-order valence-corrected chi connectivity index (χ0v) is 16.0. The quantitative estimate of drug-likeness (QED) is 0.612. The van der Waals surface area contributed by atoms with Gasteiger partial charge < -0.3 is 15.4 Å². The maximum absolute atomic E-state index is 11.8. The van der Waals surface area contributed by atoms with Crippen LogP contribution in [-0.2, 0) is 14.3 Å². The van der Waals surface area contributed by atoms with E-state index >= 15 is 0 Å². The topological polar surface area (TPSA) is 67.4 Å². The Labute approximate surface area is 141 Å². The first-order valence-electron chi connectivity index (χ1n) is 8.74. The normalized spacial score (nSPS) is 13.3. The summed E-state index contributed by atoms with van der Waals surface area (Å²) in [5.41, 5.74) is -0.384. The summed E-state index contributed by atoms with van der Waals surface area (Å²) in [5, 5.41) is 5.83. The molecule has 0 aliphatic heterocycles. The number of hydrogen-bond acceptors (Lipinski definition) is 3. The van der Waals surface area contributed by atoms with Crippen LogP contribution in [0.5, 0.6) is 0 Å². The van der Waals surface area contributed by atoms with Crippen LogP contribution in [0.3, 0.4) is 0 Å². The Morgan fingerprint density at radius 1 is 0.957 bits per heavy atom. The van der Waals surface area contributed by atoms with Crippen LogP contribution in [0.4, 0.5) is 0 Å². The molecule has 0 radical (unpaired) electrons. The third-order valence-electron chi connectivity index (χ3n) is 3.48. The van der Waals surface area contributed by atoms with Crippen LogP contribution in [0, 0.1) is 5.92 Å². The fourth-order valence-corrected chi connectivity index (χ4v) is 2.04. The Balaban J connectivity index is 4.02. The Hall–Kier alpha value is -1.10. The van der Waals surface area contributed by atoms with Gasteiger partial charge in [-0.25, -0.2) is 0 Å². The number of nitrogens with one attached hydrogen (secondary N) is 2. The van der Waals surface area contributed by atoms with E-state index in [0.717, 1.165) is 6.42 Å². The molecule has 0 aliphatic carbocycles. The molecule has 0 bridgehead atoms. The fourth-order valence-electron chi connectivity index (χ4n) is 2.04. The molecule has 0 spiro atoms. The molecule has 23 heavy (non-hydrogen) atoms. The highest BCUT2D eigenvalue weighted by Gasteiger charge is 2.21. The molecule has 5 nitrogen and oxygen atoms in total. The largest absolute Gasteiger partial charge is 0.373 e. The van der Waals surface area contributed by atoms with Gasteiger partial charge in [0.05, 0.1) is 12.2 Å². The molecule has 2 N–H and O–H groups in total. The van der Waals surface area contributed by atoms with E-state index in [9.17, 15) is 9.59 Å². The third-order valence-corrected chi connectivity index (χ3v) is 3.48. The lowest BCUT2D eigenvalue weighted by Gasteiger charge is -2.27. The Kier molecular flexibility index (Phi) is 10.1. The summed E-state index contributed by atoms with van der Waals surface area (Å²) < 4.78 is 5.88. The van der Waals surface area contributed by atoms with Gasteiger partial charge in [-0.05, 0) is 53.4 Å². The van der Waals surface area contributed by atoms with Crippen molar-refractivity contribution in [2.45, 2.75) is 91.8 Å². The average molecular weight is 328 g/mol. The van der Waals surface area contributed by atoms with Crippen molar-refractivity contribution in [1.29, 1.82) is 0 Å². The zero-order chi connectivity index (χ0) is 18.0. The van der Waals surface area contributed by atoms with Crippen molar-refractivity contribution in [3.63, 3.8) is 0 Å². The van der Waals surface area contributed by atoms with Gasteiger partial charge in [0.25, 0.3) is 0 Å². The van der Waals surface area contributed by atoms with Crippen LogP contribution in [0.1, 0.15) is 74.1 Å². The van der Waals surface area contributed by atoms with Crippen LogP contribution in [-0.4, -0.2) is 36.1 Å². The van der Waals surface area contributed by atoms with Gasteiger partial charge in [-0.2, -0.15) is 0 Å². The zero-order valence-electron chi connectivity index (χ0n) is 16.0. The molecule has 136 valence electrons. The average Bonchev–Trinajstić information content (AvgIpc) is 2.40. The monoisotopic (exact) mass is 328 g/mol. The van der Waals surface area contributed by atoms with Crippen molar-refractivity contribution in [3.8, 4) is 0 Å². The molecule has 0 rings (SSSR count). The first-order valence-corrected chi connectivity index (χ1v) is 8.74. The van der Waals surface area contributed by atoms with Gasteiger partial charge >= 0.3 is 0 Å². The predicted octanol–water partition coefficient (Wildman–Crippen LogP) is 3.03. The summed E-state index contributed by atoms with van der Waals surface area (Å²) in [6, 6.07) is 0.131. The van der Waals surface area contributed by atoms with Crippen molar-refractivity contribution in [2.75, 3.05) is 6.61 Å². The molecule has 0 heterocycles. The highest BCUT2D eigenvalue weighted by atomic mass is 16.5. The van der Waals surface area contributed by atoms with Crippen molar-refractivity contribution in [2.24, 2.45) is 5.92 Å². The van der Waals surface area contributed by atoms with E-state index in [0.29, 0.717) is 31.8 Å². The lowest BCUT2D eigenvalue weighted by Crippen LogP contribution is -2.39. The van der Waals surface area contributed by atoms with Gasteiger partial charge in [0.1, 0.15) is 0 Å². The standard InChI is InChI=1S/C18H36N2O3/c1-13(2)8-9-16(21)20-15(5)12-23-18(6,7)11-10-17(22)19-14(3)4/h13-15H,8-12H2,1-7H3,(H,19,22)(H,20,21). The van der Waals surface area contributed by atoms with E-state index in [1.54, 1.807) is 0 Å². The number of ether oxygens (including phenoxy) is 1. The van der Waals surface area contributed by atoms with Crippen LogP contribution in [0.15, 0.2) is 0 Å². The highest BCUT2D eigenvalue weighted by Crippen LogP contribution is 2.17. The summed E-state index contributed by atoms with van der Waals surface area (Å²) >= 11 is 0. The number of hydrogen-bond donors (Lipinski definition) is 2. The molecule has 5 heteroatoms. The van der Waals surface area contributed by atoms with Gasteiger partial charge in [0, 0.05) is 24.9 Å². The first kappa shape index (κ1) is 21.9. The lowest BCUT2D eigenvalue weighted by atomic mass is 10.0. The number of rotatable bonds is 11. The maximum Gasteiger partial charge on any atom is 0.220 e. The highest BCUT2D eigenvalue weighted by molar-refractivity contribution is 5.76. The molecule has 0 aromatic heterocycles. The molecule has 0 saturated heterocycles. The van der Waals surface area contributed by atoms with E-state index in [1.165, 1.54) is 0 Å². The van der Waals surface area contributed by atoms with Gasteiger partial charge in [-0.1, -0.05) is 13.8 Å². The van der Waals surface area contributed by atoms with Gasteiger partial charge in [-0.3, -0.25) is 9.59 Å². The van der Waals surface area contributed by atoms with E-state index in [2.05, 4.69) is 24.5 Å². The summed E-state index contributed by atoms with van der Waals surface area (Å²) in [4.78, 5) is 23.5. The molecule has 1 atom stereocenters. The van der Waals surface area contributed by atoms with Gasteiger partial charge in [0.2, 0.25) is 11.8 Å². The molecular formula is C18H36N2O3. The fraction of sp³-hybridized carbons (Fsp3) is 0.889. The SMILES string of the molecule is CC(C)CCC(=O)NC(C)COC(C)(C)CCC(=O)NC(C)C. The number of amides is 2. The Bertz CT molecular complexity index is 365. The minimum atomic E-state index is -0.384. The van der Waals surface area contributed by atoms with Crippen molar-refractivity contribution in [1.82, 2.24) is 10.6 Å². The van der Waals surface area contributed by atoms with Crippen LogP contribution in [0.2, 0.25) is 0 Å². The van der Waals surface area contributed by atoms with Crippen molar-refractivity contribution >= 4 is 11.8 Å². The molecule has 1 unspecified atom stereocenters. The minimum absolute atomic E-state index is 0.0292. The molecular weight excluding hydrogens is 292 g/mol. The minimum Gasteiger partial charge on any atom is -0.373 e. The number of carbonyl (C=O) groups is 2. The van der Waals surface area contributed by atoms with E-state index in [-0.39, 0.29) is 29.5 Å². The number of carbonyl (C=O) groups excluding carboxylic acids is 2. The molecule has 0 aromatic carbocycles. The summed E-state index contributed by atoms with van der Waals surface area (Å²) in [6.07, 6.45) is 2.55. The summed E-state index contributed by atoms with van der Waals surface area (Å²) in [7, 11) is 0. The Morgan fingerprint density at radius 3 is 2.04 bits per heavy atom. The van der Waals surface area contributed by atoms with Crippen LogP contribution >= 0.6 is 0 Å². The van der Waals surface area contributed by atoms with E-state index < -0.39 is 0 Å². The van der Waals surface area contributed by atoms with Gasteiger partial charge in [0.15, 0.2) is 0 Å². The first-order chi connectivity index (χ1) is 10.5. The van der Waals surface area contributed by atoms with Crippen molar-refractivity contribution in [3.05, 3.63) is 0 Å². The van der Waals surface area contributed by atoms with E-state index in [1.807, 2.05) is 34.6 Å².